The molecule has 52 heavy (non-hydrogen) atoms. The maximum Gasteiger partial charge on any atom is 0.297 e. The van der Waals surface area contributed by atoms with Crippen LogP contribution in [0.5, 0.6) is 5.75 Å². The maximum absolute atomic E-state index is 12.1. The number of rotatable bonds is 37. The molecule has 0 fully saturated rings. The van der Waals surface area contributed by atoms with Gasteiger partial charge in [-0.2, -0.15) is 8.42 Å². The molecular formula is C36H56O15S. The third-order valence-electron chi connectivity index (χ3n) is 6.64. The number of carbonyl (C=O) groups is 1. The van der Waals surface area contributed by atoms with Crippen molar-refractivity contribution in [3.8, 4) is 5.75 Å². The molecule has 0 saturated carbocycles. The Hall–Kier alpha value is -2.58. The van der Waals surface area contributed by atoms with Gasteiger partial charge in [0.15, 0.2) is 0 Å². The first-order valence-electron chi connectivity index (χ1n) is 17.4. The molecule has 296 valence electrons. The van der Waals surface area contributed by atoms with Crippen LogP contribution >= 0.6 is 0 Å². The van der Waals surface area contributed by atoms with Gasteiger partial charge in [-0.15, -0.1) is 0 Å². The second kappa shape index (κ2) is 31.9. The van der Waals surface area contributed by atoms with E-state index in [1.54, 1.807) is 36.4 Å². The van der Waals surface area contributed by atoms with Crippen molar-refractivity contribution < 1.29 is 69.5 Å². The monoisotopic (exact) mass is 760 g/mol. The summed E-state index contributed by atoms with van der Waals surface area (Å²) < 4.78 is 89.2. The van der Waals surface area contributed by atoms with Crippen LogP contribution in [0.15, 0.2) is 53.4 Å². The summed E-state index contributed by atoms with van der Waals surface area (Å²) in [5.74, 6) is 0.696. The molecule has 0 aliphatic heterocycles. The van der Waals surface area contributed by atoms with E-state index in [9.17, 15) is 13.2 Å². The van der Waals surface area contributed by atoms with Crippen LogP contribution in [0.3, 0.4) is 0 Å². The molecule has 0 aliphatic rings. The van der Waals surface area contributed by atoms with Gasteiger partial charge >= 0.3 is 0 Å². The molecule has 0 atom stereocenters. The molecule has 15 nitrogen and oxygen atoms in total. The average molecular weight is 761 g/mol. The van der Waals surface area contributed by atoms with Gasteiger partial charge in [0, 0.05) is 5.56 Å². The normalized spacial score (nSPS) is 11.6. The third-order valence-corrected chi connectivity index (χ3v) is 7.96. The molecule has 2 aromatic rings. The molecule has 0 aromatic heterocycles. The Morgan fingerprint density at radius 1 is 0.423 bits per heavy atom. The molecule has 2 rings (SSSR count). The molecule has 0 unspecified atom stereocenters. The Balaban J connectivity index is 1.17. The van der Waals surface area contributed by atoms with Crippen LogP contribution in [0.25, 0.3) is 0 Å². The van der Waals surface area contributed by atoms with E-state index in [4.69, 9.17) is 56.3 Å². The van der Waals surface area contributed by atoms with Crippen molar-refractivity contribution in [2.45, 2.75) is 11.8 Å². The van der Waals surface area contributed by atoms with Crippen LogP contribution in [0.1, 0.15) is 15.9 Å². The zero-order valence-electron chi connectivity index (χ0n) is 30.3. The predicted octanol–water partition coefficient (Wildman–Crippen LogP) is 2.76. The van der Waals surface area contributed by atoms with Crippen molar-refractivity contribution in [1.29, 1.82) is 0 Å². The number of aldehydes is 1. The van der Waals surface area contributed by atoms with Crippen LogP contribution < -0.4 is 4.74 Å². The summed E-state index contributed by atoms with van der Waals surface area (Å²) in [5.41, 5.74) is 1.58. The zero-order valence-corrected chi connectivity index (χ0v) is 31.1. The first kappa shape index (κ1) is 45.6. The van der Waals surface area contributed by atoms with Crippen molar-refractivity contribution in [3.63, 3.8) is 0 Å². The van der Waals surface area contributed by atoms with E-state index < -0.39 is 10.1 Å². The summed E-state index contributed by atoms with van der Waals surface area (Å²) >= 11 is 0. The molecule has 0 spiro atoms. The fraction of sp³-hybridized carbons (Fsp3) is 0.639. The van der Waals surface area contributed by atoms with Gasteiger partial charge in [-0.05, 0) is 43.3 Å². The van der Waals surface area contributed by atoms with Crippen LogP contribution in [0.4, 0.5) is 0 Å². The Morgan fingerprint density at radius 2 is 0.731 bits per heavy atom. The molecule has 0 amide bonds. The zero-order chi connectivity index (χ0) is 37.2. The van der Waals surface area contributed by atoms with E-state index in [-0.39, 0.29) is 18.1 Å². The minimum Gasteiger partial charge on any atom is -0.491 e. The van der Waals surface area contributed by atoms with Crippen LogP contribution in [-0.4, -0.2) is 160 Å². The topological polar surface area (TPSA) is 162 Å². The summed E-state index contributed by atoms with van der Waals surface area (Å²) in [6, 6.07) is 13.4. The fourth-order valence-corrected chi connectivity index (χ4v) is 4.81. The van der Waals surface area contributed by atoms with Crippen LogP contribution in [0.2, 0.25) is 0 Å². The molecule has 0 saturated heterocycles. The molecule has 0 N–H and O–H groups in total. The summed E-state index contributed by atoms with van der Waals surface area (Å²) in [5, 5.41) is 0. The Labute approximate surface area is 308 Å². The van der Waals surface area contributed by atoms with Gasteiger partial charge in [0.05, 0.1) is 144 Å². The highest BCUT2D eigenvalue weighted by molar-refractivity contribution is 7.86. The van der Waals surface area contributed by atoms with Gasteiger partial charge in [0.1, 0.15) is 18.6 Å². The largest absolute Gasteiger partial charge is 0.491 e. The van der Waals surface area contributed by atoms with E-state index in [0.717, 1.165) is 11.8 Å². The van der Waals surface area contributed by atoms with E-state index in [1.165, 1.54) is 12.1 Å². The van der Waals surface area contributed by atoms with Gasteiger partial charge in [0.2, 0.25) is 0 Å². The number of aryl methyl sites for hydroxylation is 1. The lowest BCUT2D eigenvalue weighted by Crippen LogP contribution is -2.16. The molecule has 0 radical (unpaired) electrons. The molecule has 0 heterocycles. The van der Waals surface area contributed by atoms with Gasteiger partial charge < -0.3 is 52.1 Å². The minimum absolute atomic E-state index is 0.0641. The summed E-state index contributed by atoms with van der Waals surface area (Å²) in [7, 11) is -3.78. The lowest BCUT2D eigenvalue weighted by Gasteiger charge is -2.09. The maximum atomic E-state index is 12.1. The highest BCUT2D eigenvalue weighted by Crippen LogP contribution is 2.13. The Morgan fingerprint density at radius 3 is 1.06 bits per heavy atom. The number of hydrogen-bond acceptors (Lipinski definition) is 15. The third kappa shape index (κ3) is 25.4. The van der Waals surface area contributed by atoms with Crippen LogP contribution in [0, 0.1) is 6.92 Å². The van der Waals surface area contributed by atoms with E-state index in [1.807, 2.05) is 6.92 Å². The molecular weight excluding hydrogens is 704 g/mol. The second-order valence-corrected chi connectivity index (χ2v) is 12.4. The lowest BCUT2D eigenvalue weighted by atomic mass is 10.2. The van der Waals surface area contributed by atoms with Gasteiger partial charge in [-0.25, -0.2) is 0 Å². The highest BCUT2D eigenvalue weighted by atomic mass is 32.2. The van der Waals surface area contributed by atoms with Crippen molar-refractivity contribution in [3.05, 3.63) is 59.7 Å². The number of hydrogen-bond donors (Lipinski definition) is 0. The van der Waals surface area contributed by atoms with E-state index >= 15 is 0 Å². The first-order chi connectivity index (χ1) is 25.5. The quantitative estimate of drug-likeness (QED) is 0.0561. The molecule has 2 aromatic carbocycles. The SMILES string of the molecule is Cc1ccc(S(=O)(=O)OCCOCCOCCOCCOCCOCCOCCOCCOCCOCCOCCOc2ccc(C=O)cc2)cc1. The van der Waals surface area contributed by atoms with Crippen molar-refractivity contribution >= 4 is 16.4 Å². The van der Waals surface area contributed by atoms with E-state index in [0.29, 0.717) is 143 Å². The highest BCUT2D eigenvalue weighted by Gasteiger charge is 2.14. The smallest absolute Gasteiger partial charge is 0.297 e. The van der Waals surface area contributed by atoms with Gasteiger partial charge in [-0.3, -0.25) is 8.98 Å². The number of ether oxygens (including phenoxy) is 11. The molecule has 0 bridgehead atoms. The first-order valence-corrected chi connectivity index (χ1v) is 18.8. The molecule has 0 aliphatic carbocycles. The lowest BCUT2D eigenvalue weighted by molar-refractivity contribution is -0.0269. The summed E-state index contributed by atoms with van der Waals surface area (Å²) in [6.07, 6.45) is 0.793. The Bertz CT molecular complexity index is 1210. The van der Waals surface area contributed by atoms with E-state index in [2.05, 4.69) is 0 Å². The second-order valence-electron chi connectivity index (χ2n) is 10.7. The average Bonchev–Trinajstić information content (AvgIpc) is 3.15. The Kier molecular flexibility index (Phi) is 28.0. The molecule has 16 heteroatoms. The number of carbonyl (C=O) groups excluding carboxylic acids is 1. The van der Waals surface area contributed by atoms with Gasteiger partial charge in [0.25, 0.3) is 10.1 Å². The minimum atomic E-state index is -3.78. The fourth-order valence-electron chi connectivity index (χ4n) is 3.92. The van der Waals surface area contributed by atoms with Gasteiger partial charge in [-0.1, -0.05) is 17.7 Å². The standard InChI is InChI=1S/C36H56O15S/c1-33-2-8-36(9-3-33)52(38,39)51-31-29-49-27-25-47-23-21-45-19-17-43-15-13-41-11-10-40-12-14-42-16-18-44-20-22-46-24-26-48-28-30-50-35-6-4-34(32-37)5-7-35/h2-9,32H,10-31H2,1H3. The summed E-state index contributed by atoms with van der Waals surface area (Å²) in [4.78, 5) is 10.8. The van der Waals surface area contributed by atoms with Crippen molar-refractivity contribution in [2.24, 2.45) is 0 Å². The summed E-state index contributed by atoms with van der Waals surface area (Å²) in [6.45, 7) is 11.0. The predicted molar refractivity (Wildman–Crippen MR) is 190 cm³/mol. The number of benzene rings is 2. The van der Waals surface area contributed by atoms with Crippen molar-refractivity contribution in [1.82, 2.24) is 0 Å². The van der Waals surface area contributed by atoms with Crippen LogP contribution in [-0.2, 0) is 61.7 Å². The van der Waals surface area contributed by atoms with Crippen molar-refractivity contribution in [2.75, 3.05) is 145 Å².